The molecule has 0 aromatic carbocycles. The maximum absolute atomic E-state index is 12.7. The molecule has 1 saturated heterocycles. The highest BCUT2D eigenvalue weighted by Gasteiger charge is 2.41. The van der Waals surface area contributed by atoms with Gasteiger partial charge in [-0.1, -0.05) is 19.8 Å². The Morgan fingerprint density at radius 2 is 2.00 bits per heavy atom. The second-order valence-corrected chi connectivity index (χ2v) is 5.99. The van der Waals surface area contributed by atoms with Gasteiger partial charge in [0.15, 0.2) is 0 Å². The van der Waals surface area contributed by atoms with Crippen LogP contribution >= 0.6 is 0 Å². The summed E-state index contributed by atoms with van der Waals surface area (Å²) in [4.78, 5) is 14.8. The third-order valence-corrected chi connectivity index (χ3v) is 4.61. The molecule has 0 spiro atoms. The van der Waals surface area contributed by atoms with Crippen molar-refractivity contribution in [2.45, 2.75) is 64.3 Å². The van der Waals surface area contributed by atoms with Gasteiger partial charge in [-0.05, 0) is 45.1 Å². The largest absolute Gasteiger partial charge is 0.339 e. The third-order valence-electron chi connectivity index (χ3n) is 4.61. The minimum atomic E-state index is -0.0653. The van der Waals surface area contributed by atoms with Gasteiger partial charge in [-0.15, -0.1) is 0 Å². The van der Waals surface area contributed by atoms with E-state index in [1.165, 1.54) is 25.7 Å². The van der Waals surface area contributed by atoms with E-state index in [1.54, 1.807) is 0 Å². The molecule has 17 heavy (non-hydrogen) atoms. The van der Waals surface area contributed by atoms with E-state index < -0.39 is 0 Å². The number of likely N-dealkylation sites (tertiary alicyclic amines) is 1. The van der Waals surface area contributed by atoms with Crippen molar-refractivity contribution in [3.05, 3.63) is 0 Å². The van der Waals surface area contributed by atoms with Crippen molar-refractivity contribution in [1.82, 2.24) is 4.90 Å². The Hall–Kier alpha value is -0.570. The predicted octanol–water partition coefficient (Wildman–Crippen LogP) is 2.30. The summed E-state index contributed by atoms with van der Waals surface area (Å²) in [7, 11) is 0. The van der Waals surface area contributed by atoms with E-state index in [4.69, 9.17) is 5.73 Å². The Morgan fingerprint density at radius 3 is 2.65 bits per heavy atom. The summed E-state index contributed by atoms with van der Waals surface area (Å²) in [6.45, 7) is 3.82. The molecule has 1 amide bonds. The Balaban J connectivity index is 2.05. The normalized spacial score (nSPS) is 28.4. The zero-order chi connectivity index (χ0) is 12.3. The van der Waals surface area contributed by atoms with Crippen LogP contribution in [-0.2, 0) is 4.79 Å². The topological polar surface area (TPSA) is 46.3 Å². The van der Waals surface area contributed by atoms with Gasteiger partial charge < -0.3 is 10.6 Å². The molecule has 0 aromatic heterocycles. The van der Waals surface area contributed by atoms with E-state index >= 15 is 0 Å². The van der Waals surface area contributed by atoms with Gasteiger partial charge >= 0.3 is 0 Å². The fourth-order valence-corrected chi connectivity index (χ4v) is 3.48. The molecule has 3 nitrogen and oxygen atoms in total. The smallest absolute Gasteiger partial charge is 0.228 e. The van der Waals surface area contributed by atoms with E-state index in [0.29, 0.717) is 18.5 Å². The first-order valence-corrected chi connectivity index (χ1v) is 7.18. The zero-order valence-electron chi connectivity index (χ0n) is 11.1. The summed E-state index contributed by atoms with van der Waals surface area (Å²) < 4.78 is 0. The molecule has 1 aliphatic heterocycles. The van der Waals surface area contributed by atoms with Crippen LogP contribution in [0.1, 0.15) is 58.3 Å². The number of carbonyl (C=O) groups excluding carboxylic acids is 1. The monoisotopic (exact) mass is 238 g/mol. The molecule has 2 N–H and O–H groups in total. The van der Waals surface area contributed by atoms with Crippen molar-refractivity contribution < 1.29 is 4.79 Å². The molecule has 1 heterocycles. The summed E-state index contributed by atoms with van der Waals surface area (Å²) in [6.07, 6.45) is 9.15. The number of amides is 1. The molecule has 3 heteroatoms. The van der Waals surface area contributed by atoms with Crippen LogP contribution in [0.25, 0.3) is 0 Å². The van der Waals surface area contributed by atoms with Gasteiger partial charge in [-0.25, -0.2) is 0 Å². The van der Waals surface area contributed by atoms with E-state index in [9.17, 15) is 4.79 Å². The van der Waals surface area contributed by atoms with Gasteiger partial charge in [0.05, 0.1) is 0 Å². The second-order valence-electron chi connectivity index (χ2n) is 5.99. The van der Waals surface area contributed by atoms with Crippen LogP contribution in [0.2, 0.25) is 0 Å². The molecular formula is C14H26N2O. The fraction of sp³-hybridized carbons (Fsp3) is 0.929. The average molecular weight is 238 g/mol. The quantitative estimate of drug-likeness (QED) is 0.820. The van der Waals surface area contributed by atoms with Crippen LogP contribution in [0.15, 0.2) is 0 Å². The van der Waals surface area contributed by atoms with Crippen molar-refractivity contribution in [2.24, 2.45) is 11.1 Å². The molecule has 98 valence electrons. The van der Waals surface area contributed by atoms with Gasteiger partial charge in [-0.2, -0.15) is 0 Å². The van der Waals surface area contributed by atoms with Crippen molar-refractivity contribution in [3.8, 4) is 0 Å². The maximum atomic E-state index is 12.7. The maximum Gasteiger partial charge on any atom is 0.228 e. The summed E-state index contributed by atoms with van der Waals surface area (Å²) in [5.41, 5.74) is 5.60. The Bertz CT molecular complexity index is 269. The molecule has 2 aliphatic rings. The van der Waals surface area contributed by atoms with Crippen LogP contribution in [-0.4, -0.2) is 29.9 Å². The van der Waals surface area contributed by atoms with Crippen molar-refractivity contribution >= 4 is 5.91 Å². The number of carbonyl (C=O) groups is 1. The lowest BCUT2D eigenvalue weighted by Gasteiger charge is -2.40. The number of hydrogen-bond donors (Lipinski definition) is 1. The second kappa shape index (κ2) is 5.38. The SMILES string of the molecule is CC1(C(=O)N2CCCCC2CCN)CCCC1. The molecule has 0 radical (unpaired) electrons. The van der Waals surface area contributed by atoms with Crippen molar-refractivity contribution in [3.63, 3.8) is 0 Å². The van der Waals surface area contributed by atoms with Crippen LogP contribution in [0.3, 0.4) is 0 Å². The van der Waals surface area contributed by atoms with E-state index in [2.05, 4.69) is 11.8 Å². The zero-order valence-corrected chi connectivity index (χ0v) is 11.1. The van der Waals surface area contributed by atoms with Crippen LogP contribution in [0, 0.1) is 5.41 Å². The molecule has 1 saturated carbocycles. The number of rotatable bonds is 3. The summed E-state index contributed by atoms with van der Waals surface area (Å²) in [5, 5.41) is 0. The Kier molecular flexibility index (Phi) is 4.08. The van der Waals surface area contributed by atoms with Gasteiger partial charge in [0.25, 0.3) is 0 Å². The highest BCUT2D eigenvalue weighted by atomic mass is 16.2. The highest BCUT2D eigenvalue weighted by Crippen LogP contribution is 2.40. The van der Waals surface area contributed by atoms with Gasteiger partial charge in [-0.3, -0.25) is 4.79 Å². The number of hydrogen-bond acceptors (Lipinski definition) is 2. The van der Waals surface area contributed by atoms with E-state index in [-0.39, 0.29) is 5.41 Å². The standard InChI is InChI=1S/C14H26N2O/c1-14(8-3-4-9-14)13(17)16-11-5-2-6-12(16)7-10-15/h12H,2-11,15H2,1H3. The lowest BCUT2D eigenvalue weighted by atomic mass is 9.85. The fourth-order valence-electron chi connectivity index (χ4n) is 3.48. The Morgan fingerprint density at radius 1 is 1.29 bits per heavy atom. The van der Waals surface area contributed by atoms with Gasteiger partial charge in [0.2, 0.25) is 5.91 Å². The first kappa shape index (κ1) is 12.9. The minimum absolute atomic E-state index is 0.0653. The lowest BCUT2D eigenvalue weighted by Crippen LogP contribution is -2.49. The number of piperidine rings is 1. The number of nitrogens with zero attached hydrogens (tertiary/aromatic N) is 1. The summed E-state index contributed by atoms with van der Waals surface area (Å²) in [5.74, 6) is 0.410. The molecule has 1 atom stereocenters. The van der Waals surface area contributed by atoms with Crippen molar-refractivity contribution in [2.75, 3.05) is 13.1 Å². The van der Waals surface area contributed by atoms with Gasteiger partial charge in [0.1, 0.15) is 0 Å². The first-order valence-electron chi connectivity index (χ1n) is 7.18. The Labute approximate surface area is 105 Å². The minimum Gasteiger partial charge on any atom is -0.339 e. The first-order chi connectivity index (χ1) is 8.17. The van der Waals surface area contributed by atoms with Crippen LogP contribution in [0.4, 0.5) is 0 Å². The lowest BCUT2D eigenvalue weighted by molar-refractivity contribution is -0.145. The van der Waals surface area contributed by atoms with Crippen molar-refractivity contribution in [1.29, 1.82) is 0 Å². The predicted molar refractivity (Wildman–Crippen MR) is 69.6 cm³/mol. The summed E-state index contributed by atoms with van der Waals surface area (Å²) in [6, 6.07) is 0.415. The average Bonchev–Trinajstić information content (AvgIpc) is 2.78. The number of nitrogens with two attached hydrogens (primary N) is 1. The molecule has 0 aromatic rings. The van der Waals surface area contributed by atoms with E-state index in [0.717, 1.165) is 32.2 Å². The molecule has 1 aliphatic carbocycles. The summed E-state index contributed by atoms with van der Waals surface area (Å²) >= 11 is 0. The third kappa shape index (κ3) is 2.65. The van der Waals surface area contributed by atoms with Gasteiger partial charge in [0, 0.05) is 18.0 Å². The molecule has 2 rings (SSSR count). The van der Waals surface area contributed by atoms with Crippen LogP contribution in [0.5, 0.6) is 0 Å². The molecule has 0 bridgehead atoms. The van der Waals surface area contributed by atoms with Crippen LogP contribution < -0.4 is 5.73 Å². The van der Waals surface area contributed by atoms with E-state index in [1.807, 2.05) is 0 Å². The highest BCUT2D eigenvalue weighted by molar-refractivity contribution is 5.83. The molecule has 1 unspecified atom stereocenters. The molecule has 2 fully saturated rings. The molecular weight excluding hydrogens is 212 g/mol.